The van der Waals surface area contributed by atoms with Crippen molar-refractivity contribution in [3.05, 3.63) is 174 Å². The van der Waals surface area contributed by atoms with E-state index in [9.17, 15) is 4.79 Å². The number of ether oxygens (including phenoxy) is 3. The fraction of sp³-hybridized carbons (Fsp3) is 0.119. The molecule has 1 aliphatic rings. The molecular formula is C42H36O5. The molecule has 6 aromatic carbocycles. The zero-order valence-corrected chi connectivity index (χ0v) is 26.3. The first-order valence-corrected chi connectivity index (χ1v) is 15.6. The Hall–Kier alpha value is -5.65. The average Bonchev–Trinajstić information content (AvgIpc) is 3.10. The van der Waals surface area contributed by atoms with Gasteiger partial charge in [0.1, 0.15) is 30.5 Å². The lowest BCUT2D eigenvalue weighted by Gasteiger charge is -2.18. The van der Waals surface area contributed by atoms with Crippen molar-refractivity contribution >= 4 is 33.1 Å². The molecule has 1 aliphatic heterocycles. The maximum atomic E-state index is 12.4. The molecule has 0 aliphatic carbocycles. The first-order valence-electron chi connectivity index (χ1n) is 15.6. The highest BCUT2D eigenvalue weighted by molar-refractivity contribution is 5.86. The summed E-state index contributed by atoms with van der Waals surface area (Å²) in [6.07, 6.45) is 2.15. The fourth-order valence-electron chi connectivity index (χ4n) is 5.64. The van der Waals surface area contributed by atoms with Gasteiger partial charge in [-0.2, -0.15) is 0 Å². The van der Waals surface area contributed by atoms with Gasteiger partial charge < -0.3 is 19.3 Å². The zero-order valence-electron chi connectivity index (χ0n) is 26.3. The highest BCUT2D eigenvalue weighted by atomic mass is 16.5. The van der Waals surface area contributed by atoms with Crippen molar-refractivity contribution in [3.63, 3.8) is 0 Å². The lowest BCUT2D eigenvalue weighted by Crippen LogP contribution is -2.08. The van der Waals surface area contributed by atoms with Crippen molar-refractivity contribution in [1.29, 1.82) is 0 Å². The Balaban J connectivity index is 0.000000269. The van der Waals surface area contributed by atoms with E-state index < -0.39 is 0 Å². The van der Waals surface area contributed by atoms with E-state index in [4.69, 9.17) is 19.3 Å². The quantitative estimate of drug-likeness (QED) is 0.172. The SMILES string of the molecule is C=C1C=C(C)c2ccc(OCc3ccc(CC(=O)OCc4cccc5ccccc45)cc3)cc2O1.OCc1cccc2ccccc12. The summed E-state index contributed by atoms with van der Waals surface area (Å²) in [5.41, 5.74) is 6.08. The molecule has 6 aromatic rings. The van der Waals surface area contributed by atoms with Gasteiger partial charge in [0.15, 0.2) is 0 Å². The van der Waals surface area contributed by atoms with Gasteiger partial charge in [-0.25, -0.2) is 0 Å². The van der Waals surface area contributed by atoms with Gasteiger partial charge in [0.05, 0.1) is 13.0 Å². The average molecular weight is 621 g/mol. The number of aliphatic hydroxyl groups is 1. The van der Waals surface area contributed by atoms with Crippen molar-refractivity contribution in [2.75, 3.05) is 0 Å². The van der Waals surface area contributed by atoms with Crippen molar-refractivity contribution in [2.24, 2.45) is 0 Å². The van der Waals surface area contributed by atoms with Crippen LogP contribution in [0.2, 0.25) is 0 Å². The number of hydrogen-bond acceptors (Lipinski definition) is 5. The van der Waals surface area contributed by atoms with E-state index in [1.807, 2.05) is 116 Å². The Labute approximate surface area is 275 Å². The molecule has 0 atom stereocenters. The number of esters is 1. The lowest BCUT2D eigenvalue weighted by atomic mass is 10.0. The number of carbonyl (C=O) groups is 1. The van der Waals surface area contributed by atoms with Gasteiger partial charge >= 0.3 is 5.97 Å². The van der Waals surface area contributed by atoms with Gasteiger partial charge in [-0.05, 0) is 74.5 Å². The van der Waals surface area contributed by atoms with Crippen LogP contribution in [-0.2, 0) is 35.8 Å². The number of allylic oxidation sites excluding steroid dienone is 2. The summed E-state index contributed by atoms with van der Waals surface area (Å²) in [6.45, 7) is 6.71. The number of hydrogen-bond donors (Lipinski definition) is 1. The molecule has 0 saturated carbocycles. The Morgan fingerprint density at radius 1 is 0.723 bits per heavy atom. The van der Waals surface area contributed by atoms with E-state index >= 15 is 0 Å². The van der Waals surface area contributed by atoms with Crippen molar-refractivity contribution < 1.29 is 24.1 Å². The fourth-order valence-corrected chi connectivity index (χ4v) is 5.64. The van der Waals surface area contributed by atoms with E-state index in [-0.39, 0.29) is 25.6 Å². The molecule has 0 fully saturated rings. The summed E-state index contributed by atoms with van der Waals surface area (Å²) < 4.78 is 17.2. The van der Waals surface area contributed by atoms with Crippen LogP contribution < -0.4 is 9.47 Å². The van der Waals surface area contributed by atoms with Crippen LogP contribution in [0.15, 0.2) is 146 Å². The second-order valence-corrected chi connectivity index (χ2v) is 11.4. The van der Waals surface area contributed by atoms with Crippen LogP contribution in [-0.4, -0.2) is 11.1 Å². The number of rotatable bonds is 8. The van der Waals surface area contributed by atoms with Crippen LogP contribution in [0.1, 0.15) is 34.7 Å². The summed E-state index contributed by atoms with van der Waals surface area (Å²) in [7, 11) is 0. The molecule has 0 aromatic heterocycles. The van der Waals surface area contributed by atoms with Crippen LogP contribution in [0.4, 0.5) is 0 Å². The molecule has 5 nitrogen and oxygen atoms in total. The minimum atomic E-state index is -0.248. The largest absolute Gasteiger partial charge is 0.489 e. The van der Waals surface area contributed by atoms with Gasteiger partial charge in [-0.3, -0.25) is 4.79 Å². The molecule has 7 rings (SSSR count). The number of benzene rings is 6. The van der Waals surface area contributed by atoms with E-state index in [0.717, 1.165) is 61.0 Å². The molecular weight excluding hydrogens is 584 g/mol. The molecule has 0 amide bonds. The van der Waals surface area contributed by atoms with Crippen molar-refractivity contribution in [3.8, 4) is 11.5 Å². The first kappa shape index (κ1) is 31.3. The normalized spacial score (nSPS) is 12.0. The van der Waals surface area contributed by atoms with Crippen molar-refractivity contribution in [2.45, 2.75) is 33.2 Å². The Kier molecular flexibility index (Phi) is 9.75. The third kappa shape index (κ3) is 7.78. The third-order valence-corrected chi connectivity index (χ3v) is 8.09. The van der Waals surface area contributed by atoms with Crippen LogP contribution in [0.3, 0.4) is 0 Å². The standard InChI is InChI=1S/C31H26O4.C11H10O/c1-21-16-22(2)35-30-18-27(14-15-28(21)30)33-19-24-12-10-23(11-13-24)17-31(32)34-20-26-8-5-7-25-6-3-4-9-29(25)26;12-8-10-6-3-5-9-4-1-2-7-11(9)10/h3-16,18H,2,17,19-20H2,1H3;1-7,12H,8H2. The van der Waals surface area contributed by atoms with Crippen LogP contribution in [0.25, 0.3) is 27.1 Å². The Morgan fingerprint density at radius 2 is 1.34 bits per heavy atom. The molecule has 1 heterocycles. The smallest absolute Gasteiger partial charge is 0.310 e. The molecule has 234 valence electrons. The van der Waals surface area contributed by atoms with E-state index in [1.54, 1.807) is 0 Å². The maximum Gasteiger partial charge on any atom is 0.310 e. The molecule has 47 heavy (non-hydrogen) atoms. The maximum absolute atomic E-state index is 12.4. The third-order valence-electron chi connectivity index (χ3n) is 8.09. The Bertz CT molecular complexity index is 2060. The van der Waals surface area contributed by atoms with Crippen LogP contribution in [0.5, 0.6) is 11.5 Å². The summed E-state index contributed by atoms with van der Waals surface area (Å²) in [5, 5.41) is 13.6. The second kappa shape index (κ2) is 14.6. The van der Waals surface area contributed by atoms with Gasteiger partial charge in [0, 0.05) is 11.6 Å². The summed E-state index contributed by atoms with van der Waals surface area (Å²) >= 11 is 0. The summed E-state index contributed by atoms with van der Waals surface area (Å²) in [4.78, 5) is 12.4. The molecule has 0 unspecified atom stereocenters. The van der Waals surface area contributed by atoms with Gasteiger partial charge in [0.25, 0.3) is 0 Å². The predicted molar refractivity (Wildman–Crippen MR) is 188 cm³/mol. The molecule has 0 radical (unpaired) electrons. The Morgan fingerprint density at radius 3 is 2.04 bits per heavy atom. The molecule has 0 saturated heterocycles. The zero-order chi connectivity index (χ0) is 32.6. The topological polar surface area (TPSA) is 65.0 Å². The van der Waals surface area contributed by atoms with Gasteiger partial charge in [0.2, 0.25) is 0 Å². The van der Waals surface area contributed by atoms with Gasteiger partial charge in [-0.15, -0.1) is 0 Å². The monoisotopic (exact) mass is 620 g/mol. The highest BCUT2D eigenvalue weighted by Crippen LogP contribution is 2.35. The minimum Gasteiger partial charge on any atom is -0.489 e. The molecule has 1 N–H and O–H groups in total. The number of aliphatic hydroxyl groups excluding tert-OH is 1. The van der Waals surface area contributed by atoms with Crippen LogP contribution in [0, 0.1) is 0 Å². The van der Waals surface area contributed by atoms with Crippen molar-refractivity contribution in [1.82, 2.24) is 0 Å². The molecule has 0 spiro atoms. The molecule has 0 bridgehead atoms. The summed E-state index contributed by atoms with van der Waals surface area (Å²) in [5.74, 6) is 1.86. The number of carbonyl (C=O) groups excluding carboxylic acids is 1. The summed E-state index contributed by atoms with van der Waals surface area (Å²) in [6, 6.07) is 41.8. The van der Waals surface area contributed by atoms with E-state index in [0.29, 0.717) is 12.4 Å². The first-order chi connectivity index (χ1) is 23.0. The predicted octanol–water partition coefficient (Wildman–Crippen LogP) is 9.35. The van der Waals surface area contributed by atoms with E-state index in [2.05, 4.69) is 30.8 Å². The lowest BCUT2D eigenvalue weighted by molar-refractivity contribution is -0.144. The second-order valence-electron chi connectivity index (χ2n) is 11.4. The van der Waals surface area contributed by atoms with Gasteiger partial charge in [-0.1, -0.05) is 116 Å². The van der Waals surface area contributed by atoms with E-state index in [1.165, 1.54) is 5.39 Å². The highest BCUT2D eigenvalue weighted by Gasteiger charge is 2.14. The number of fused-ring (bicyclic) bond motifs is 3. The minimum absolute atomic E-state index is 0.112. The van der Waals surface area contributed by atoms with Crippen LogP contribution >= 0.6 is 0 Å². The molecule has 5 heteroatoms.